The second kappa shape index (κ2) is 8.62. The molecule has 3 atom stereocenters. The summed E-state index contributed by atoms with van der Waals surface area (Å²) in [5.74, 6) is 0.158. The number of hydrogen-bond donors (Lipinski definition) is 3. The Morgan fingerprint density at radius 3 is 2.70 bits per heavy atom. The predicted octanol–water partition coefficient (Wildman–Crippen LogP) is 5.50. The van der Waals surface area contributed by atoms with Gasteiger partial charge < -0.3 is 15.4 Å². The predicted molar refractivity (Wildman–Crippen MR) is 126 cm³/mol. The Morgan fingerprint density at radius 2 is 1.97 bits per heavy atom. The highest BCUT2D eigenvalue weighted by molar-refractivity contribution is 7.22. The first kappa shape index (κ1) is 20.6. The summed E-state index contributed by atoms with van der Waals surface area (Å²) in [6, 6.07) is 16.8. The number of aromatic nitrogens is 1. The summed E-state index contributed by atoms with van der Waals surface area (Å²) in [5, 5.41) is 15.4. The molecular weight excluding hydrogens is 392 g/mol. The van der Waals surface area contributed by atoms with Crippen LogP contribution >= 0.6 is 11.3 Å². The second-order valence-corrected chi connectivity index (χ2v) is 9.20. The molecule has 0 saturated carbocycles. The Kier molecular flexibility index (Phi) is 5.93. The first-order valence-corrected chi connectivity index (χ1v) is 11.3. The lowest BCUT2D eigenvalue weighted by Gasteiger charge is -2.26. The van der Waals surface area contributed by atoms with Gasteiger partial charge in [0.1, 0.15) is 0 Å². The molecule has 0 saturated heterocycles. The Hall–Kier alpha value is -2.63. The van der Waals surface area contributed by atoms with E-state index in [1.165, 1.54) is 15.0 Å². The Balaban J connectivity index is 1.59. The van der Waals surface area contributed by atoms with Crippen LogP contribution in [-0.2, 0) is 11.2 Å². The molecule has 0 spiro atoms. The summed E-state index contributed by atoms with van der Waals surface area (Å²) in [4.78, 5) is 17.2. The minimum atomic E-state index is -0.577. The molecule has 1 unspecified atom stereocenters. The Labute approximate surface area is 180 Å². The van der Waals surface area contributed by atoms with Gasteiger partial charge in [-0.1, -0.05) is 44.5 Å². The fraction of sp³-hybridized carbons (Fsp3) is 0.320. The number of aliphatic hydroxyl groups excluding tert-OH is 1. The van der Waals surface area contributed by atoms with E-state index in [4.69, 9.17) is 0 Å². The van der Waals surface area contributed by atoms with Crippen LogP contribution in [0.25, 0.3) is 31.4 Å². The largest absolute Gasteiger partial charge is 0.391 e. The quantitative estimate of drug-likeness (QED) is 0.369. The zero-order valence-corrected chi connectivity index (χ0v) is 18.4. The summed E-state index contributed by atoms with van der Waals surface area (Å²) < 4.78 is 1.27. The van der Waals surface area contributed by atoms with E-state index in [-0.39, 0.29) is 24.3 Å². The number of H-pyrrole nitrogens is 1. The van der Waals surface area contributed by atoms with E-state index in [1.54, 1.807) is 18.3 Å². The van der Waals surface area contributed by atoms with Crippen molar-refractivity contribution in [3.63, 3.8) is 0 Å². The van der Waals surface area contributed by atoms with Gasteiger partial charge >= 0.3 is 0 Å². The number of hydrogen-bond acceptors (Lipinski definition) is 3. The van der Waals surface area contributed by atoms with Crippen molar-refractivity contribution in [1.29, 1.82) is 0 Å². The molecule has 0 radical (unpaired) electrons. The van der Waals surface area contributed by atoms with Gasteiger partial charge in [0, 0.05) is 26.7 Å². The molecule has 2 aromatic carbocycles. The highest BCUT2D eigenvalue weighted by Crippen LogP contribution is 2.35. The number of benzene rings is 2. The standard InChI is InChI=1S/C25H28N2O2S/c1-4-15(2)25(16(3)28)27-24(29)13-19-14-26-21-10-9-18(11-20(19)21)23-12-17-7-5-6-8-22(17)30-23/h5-12,14-16,25-26,28H,4,13H2,1-3H3,(H,27,29)/t15-,16?,25-/m0/s1. The van der Waals surface area contributed by atoms with E-state index in [1.807, 2.05) is 6.20 Å². The average molecular weight is 421 g/mol. The number of thiophene rings is 1. The van der Waals surface area contributed by atoms with Crippen molar-refractivity contribution >= 4 is 38.2 Å². The van der Waals surface area contributed by atoms with E-state index in [2.05, 4.69) is 72.7 Å². The van der Waals surface area contributed by atoms with Crippen molar-refractivity contribution < 1.29 is 9.90 Å². The molecular formula is C25H28N2O2S. The van der Waals surface area contributed by atoms with Gasteiger partial charge in [0.05, 0.1) is 18.6 Å². The summed E-state index contributed by atoms with van der Waals surface area (Å²) in [6.45, 7) is 5.86. The van der Waals surface area contributed by atoms with Crippen molar-refractivity contribution in [3.8, 4) is 10.4 Å². The molecule has 2 heterocycles. The van der Waals surface area contributed by atoms with E-state index in [0.717, 1.165) is 28.5 Å². The molecule has 3 N–H and O–H groups in total. The van der Waals surface area contributed by atoms with Crippen LogP contribution in [0, 0.1) is 5.92 Å². The van der Waals surface area contributed by atoms with Crippen molar-refractivity contribution in [2.24, 2.45) is 5.92 Å². The van der Waals surface area contributed by atoms with E-state index >= 15 is 0 Å². The van der Waals surface area contributed by atoms with Gasteiger partial charge in [0.15, 0.2) is 0 Å². The lowest BCUT2D eigenvalue weighted by Crippen LogP contribution is -2.46. The lowest BCUT2D eigenvalue weighted by molar-refractivity contribution is -0.122. The first-order chi connectivity index (χ1) is 14.5. The molecule has 30 heavy (non-hydrogen) atoms. The SMILES string of the molecule is CC[C@H](C)[C@H](NC(=O)Cc1c[nH]c2ccc(-c3cc4ccccc4s3)cc12)C(C)O. The zero-order chi connectivity index (χ0) is 21.3. The molecule has 4 rings (SSSR count). The molecule has 4 nitrogen and oxygen atoms in total. The van der Waals surface area contributed by atoms with Gasteiger partial charge in [-0.2, -0.15) is 0 Å². The topological polar surface area (TPSA) is 65.1 Å². The third kappa shape index (κ3) is 4.13. The van der Waals surface area contributed by atoms with Gasteiger partial charge in [-0.25, -0.2) is 0 Å². The number of nitrogens with one attached hydrogen (secondary N) is 2. The molecule has 0 aliphatic carbocycles. The number of carbonyl (C=O) groups excluding carboxylic acids is 1. The average Bonchev–Trinajstić information content (AvgIpc) is 3.35. The monoisotopic (exact) mass is 420 g/mol. The molecule has 0 bridgehead atoms. The summed E-state index contributed by atoms with van der Waals surface area (Å²) in [7, 11) is 0. The van der Waals surface area contributed by atoms with Crippen molar-refractivity contribution in [3.05, 3.63) is 60.3 Å². The van der Waals surface area contributed by atoms with Gasteiger partial charge in [-0.15, -0.1) is 11.3 Å². The lowest BCUT2D eigenvalue weighted by atomic mass is 9.94. The van der Waals surface area contributed by atoms with E-state index < -0.39 is 6.10 Å². The van der Waals surface area contributed by atoms with Crippen LogP contribution in [0.15, 0.2) is 54.7 Å². The maximum absolute atomic E-state index is 12.7. The molecule has 5 heteroatoms. The maximum Gasteiger partial charge on any atom is 0.224 e. The van der Waals surface area contributed by atoms with Crippen molar-refractivity contribution in [2.75, 3.05) is 0 Å². The highest BCUT2D eigenvalue weighted by atomic mass is 32.1. The van der Waals surface area contributed by atoms with Crippen LogP contribution in [0.1, 0.15) is 32.8 Å². The van der Waals surface area contributed by atoms with Crippen LogP contribution in [-0.4, -0.2) is 28.1 Å². The van der Waals surface area contributed by atoms with Gasteiger partial charge in [-0.3, -0.25) is 4.79 Å². The number of aliphatic hydroxyl groups is 1. The zero-order valence-electron chi connectivity index (χ0n) is 17.6. The maximum atomic E-state index is 12.7. The minimum absolute atomic E-state index is 0.0608. The number of carbonyl (C=O) groups is 1. The van der Waals surface area contributed by atoms with Gasteiger partial charge in [0.25, 0.3) is 0 Å². The van der Waals surface area contributed by atoms with Crippen LogP contribution in [0.4, 0.5) is 0 Å². The first-order valence-electron chi connectivity index (χ1n) is 10.5. The third-order valence-electron chi connectivity index (χ3n) is 5.93. The van der Waals surface area contributed by atoms with Crippen molar-refractivity contribution in [1.82, 2.24) is 10.3 Å². The van der Waals surface area contributed by atoms with Gasteiger partial charge in [-0.05, 0) is 53.6 Å². The molecule has 2 aromatic heterocycles. The number of fused-ring (bicyclic) bond motifs is 2. The third-order valence-corrected chi connectivity index (χ3v) is 7.10. The van der Waals surface area contributed by atoms with Crippen LogP contribution < -0.4 is 5.32 Å². The fourth-order valence-electron chi connectivity index (χ4n) is 4.00. The Morgan fingerprint density at radius 1 is 1.17 bits per heavy atom. The molecule has 0 aliphatic rings. The van der Waals surface area contributed by atoms with Crippen molar-refractivity contribution in [2.45, 2.75) is 45.8 Å². The summed E-state index contributed by atoms with van der Waals surface area (Å²) >= 11 is 1.78. The minimum Gasteiger partial charge on any atom is -0.391 e. The Bertz CT molecular complexity index is 1140. The molecule has 0 fully saturated rings. The summed E-state index contributed by atoms with van der Waals surface area (Å²) in [5.41, 5.74) is 3.15. The molecule has 4 aromatic rings. The van der Waals surface area contributed by atoms with E-state index in [9.17, 15) is 9.90 Å². The number of rotatable bonds is 7. The molecule has 0 aliphatic heterocycles. The smallest absolute Gasteiger partial charge is 0.224 e. The fourth-order valence-corrected chi connectivity index (χ4v) is 5.06. The van der Waals surface area contributed by atoms with Crippen LogP contribution in [0.5, 0.6) is 0 Å². The van der Waals surface area contributed by atoms with Crippen LogP contribution in [0.2, 0.25) is 0 Å². The van der Waals surface area contributed by atoms with Gasteiger partial charge in [0.2, 0.25) is 5.91 Å². The van der Waals surface area contributed by atoms with E-state index in [0.29, 0.717) is 0 Å². The second-order valence-electron chi connectivity index (χ2n) is 8.12. The molecule has 156 valence electrons. The molecule has 1 amide bonds. The number of aromatic amines is 1. The normalized spacial score (nSPS) is 14.7. The van der Waals surface area contributed by atoms with Crippen LogP contribution in [0.3, 0.4) is 0 Å². The highest BCUT2D eigenvalue weighted by Gasteiger charge is 2.23. The number of amides is 1. The summed E-state index contributed by atoms with van der Waals surface area (Å²) in [6.07, 6.45) is 2.53.